The molecule has 9 nitrogen and oxygen atoms in total. The van der Waals surface area contributed by atoms with E-state index in [0.29, 0.717) is 39.8 Å². The first kappa shape index (κ1) is 16.2. The number of pyridine rings is 1. The van der Waals surface area contributed by atoms with Gasteiger partial charge in [-0.25, -0.2) is 4.98 Å². The van der Waals surface area contributed by atoms with Crippen LogP contribution in [0.25, 0.3) is 33.8 Å². The van der Waals surface area contributed by atoms with Crippen molar-refractivity contribution in [3.05, 3.63) is 65.0 Å². The fourth-order valence-electron chi connectivity index (χ4n) is 3.29. The fourth-order valence-corrected chi connectivity index (χ4v) is 3.29. The summed E-state index contributed by atoms with van der Waals surface area (Å²) in [5, 5.41) is 11.6. The standard InChI is InChI=1S/C19H15N7O2/c1-11-21-19-22-14-7-9-25(15-6-8-20-23-15)18(27)16(14)17(26(19)24-11)12-4-3-5-13(10-12)28-2/h3-10H,1-2H3,(H,20,23). The summed E-state index contributed by atoms with van der Waals surface area (Å²) in [6.45, 7) is 1.79. The smallest absolute Gasteiger partial charge is 0.267 e. The van der Waals surface area contributed by atoms with Gasteiger partial charge in [0.2, 0.25) is 0 Å². The highest BCUT2D eigenvalue weighted by molar-refractivity contribution is 5.93. The second-order valence-corrected chi connectivity index (χ2v) is 6.26. The number of aromatic nitrogens is 7. The largest absolute Gasteiger partial charge is 0.497 e. The third kappa shape index (κ3) is 2.37. The van der Waals surface area contributed by atoms with Gasteiger partial charge in [-0.15, -0.1) is 5.10 Å². The first-order valence-corrected chi connectivity index (χ1v) is 8.58. The topological polar surface area (TPSA) is 103 Å². The molecule has 5 rings (SSSR count). The summed E-state index contributed by atoms with van der Waals surface area (Å²) in [5.41, 5.74) is 1.69. The van der Waals surface area contributed by atoms with E-state index in [1.807, 2.05) is 24.3 Å². The zero-order valence-electron chi connectivity index (χ0n) is 15.1. The summed E-state index contributed by atoms with van der Waals surface area (Å²) in [6.07, 6.45) is 3.26. The number of aromatic amines is 1. The number of benzene rings is 1. The number of rotatable bonds is 3. The molecule has 4 heterocycles. The quantitative estimate of drug-likeness (QED) is 0.520. The molecule has 28 heavy (non-hydrogen) atoms. The Bertz CT molecular complexity index is 1380. The lowest BCUT2D eigenvalue weighted by Gasteiger charge is -2.11. The van der Waals surface area contributed by atoms with Gasteiger partial charge < -0.3 is 4.74 Å². The highest BCUT2D eigenvalue weighted by Crippen LogP contribution is 2.29. The summed E-state index contributed by atoms with van der Waals surface area (Å²) in [6, 6.07) is 11.0. The van der Waals surface area contributed by atoms with Gasteiger partial charge in [-0.3, -0.25) is 14.5 Å². The van der Waals surface area contributed by atoms with E-state index in [9.17, 15) is 4.79 Å². The molecule has 0 amide bonds. The van der Waals surface area contributed by atoms with Gasteiger partial charge in [0.05, 0.1) is 29.9 Å². The molecule has 0 aliphatic heterocycles. The van der Waals surface area contributed by atoms with Crippen LogP contribution in [0.4, 0.5) is 0 Å². The molecule has 4 aromatic heterocycles. The maximum Gasteiger partial charge on any atom is 0.267 e. The third-order valence-electron chi connectivity index (χ3n) is 4.52. The molecule has 5 aromatic rings. The van der Waals surface area contributed by atoms with Crippen molar-refractivity contribution >= 4 is 16.7 Å². The van der Waals surface area contributed by atoms with Crippen molar-refractivity contribution in [2.24, 2.45) is 0 Å². The van der Waals surface area contributed by atoms with E-state index in [0.717, 1.165) is 5.56 Å². The molecular formula is C19H15N7O2. The van der Waals surface area contributed by atoms with Crippen LogP contribution in [-0.2, 0) is 0 Å². The number of hydrogen-bond donors (Lipinski definition) is 1. The number of fused-ring (bicyclic) bond motifs is 2. The number of ether oxygens (including phenoxy) is 1. The molecule has 9 heteroatoms. The van der Waals surface area contributed by atoms with Crippen LogP contribution in [-0.4, -0.2) is 41.5 Å². The van der Waals surface area contributed by atoms with Crippen LogP contribution in [0.1, 0.15) is 5.82 Å². The highest BCUT2D eigenvalue weighted by atomic mass is 16.5. The normalized spacial score (nSPS) is 11.4. The van der Waals surface area contributed by atoms with Crippen LogP contribution in [0.3, 0.4) is 0 Å². The molecule has 0 spiro atoms. The zero-order chi connectivity index (χ0) is 19.3. The lowest BCUT2D eigenvalue weighted by atomic mass is 10.1. The molecular weight excluding hydrogens is 358 g/mol. The highest BCUT2D eigenvalue weighted by Gasteiger charge is 2.19. The Kier molecular flexibility index (Phi) is 3.48. The molecule has 0 aliphatic rings. The Morgan fingerprint density at radius 2 is 2.04 bits per heavy atom. The monoisotopic (exact) mass is 373 g/mol. The number of H-pyrrole nitrogens is 1. The number of methoxy groups -OCH3 is 1. The predicted molar refractivity (Wildman–Crippen MR) is 103 cm³/mol. The second kappa shape index (κ2) is 6.02. The molecule has 0 fully saturated rings. The maximum absolute atomic E-state index is 13.4. The van der Waals surface area contributed by atoms with Crippen LogP contribution in [0.2, 0.25) is 0 Å². The summed E-state index contributed by atoms with van der Waals surface area (Å²) >= 11 is 0. The Labute approximate surface area is 158 Å². The lowest BCUT2D eigenvalue weighted by molar-refractivity contribution is 0.415. The first-order chi connectivity index (χ1) is 13.7. The maximum atomic E-state index is 13.4. The molecule has 138 valence electrons. The van der Waals surface area contributed by atoms with Crippen LogP contribution in [0.5, 0.6) is 5.75 Å². The molecule has 0 unspecified atom stereocenters. The molecule has 0 saturated heterocycles. The number of hydrogen-bond acceptors (Lipinski definition) is 6. The Balaban J connectivity index is 1.95. The predicted octanol–water partition coefficient (Wildman–Crippen LogP) is 2.14. The van der Waals surface area contributed by atoms with Crippen molar-refractivity contribution in [3.63, 3.8) is 0 Å². The van der Waals surface area contributed by atoms with E-state index in [2.05, 4.69) is 25.3 Å². The van der Waals surface area contributed by atoms with Gasteiger partial charge in [0, 0.05) is 17.8 Å². The van der Waals surface area contributed by atoms with Crippen molar-refractivity contribution in [2.45, 2.75) is 6.92 Å². The van der Waals surface area contributed by atoms with Gasteiger partial charge in [0.1, 0.15) is 17.4 Å². The van der Waals surface area contributed by atoms with E-state index in [1.54, 1.807) is 43.1 Å². The lowest BCUT2D eigenvalue weighted by Crippen LogP contribution is -2.20. The Morgan fingerprint density at radius 3 is 2.82 bits per heavy atom. The van der Waals surface area contributed by atoms with Crippen molar-refractivity contribution in [1.29, 1.82) is 0 Å². The van der Waals surface area contributed by atoms with E-state index < -0.39 is 0 Å². The van der Waals surface area contributed by atoms with Crippen LogP contribution < -0.4 is 10.3 Å². The van der Waals surface area contributed by atoms with Gasteiger partial charge in [0.25, 0.3) is 11.3 Å². The zero-order valence-corrected chi connectivity index (χ0v) is 15.1. The van der Waals surface area contributed by atoms with Gasteiger partial charge in [-0.2, -0.15) is 14.6 Å². The molecule has 0 radical (unpaired) electrons. The van der Waals surface area contributed by atoms with Crippen LogP contribution in [0, 0.1) is 6.92 Å². The van der Waals surface area contributed by atoms with Gasteiger partial charge in [0.15, 0.2) is 0 Å². The van der Waals surface area contributed by atoms with E-state index >= 15 is 0 Å². The van der Waals surface area contributed by atoms with E-state index in [1.165, 1.54) is 4.57 Å². The molecule has 0 atom stereocenters. The minimum absolute atomic E-state index is 0.234. The average molecular weight is 373 g/mol. The molecule has 0 saturated carbocycles. The van der Waals surface area contributed by atoms with Crippen molar-refractivity contribution in [1.82, 2.24) is 34.3 Å². The molecule has 1 N–H and O–H groups in total. The molecule has 0 bridgehead atoms. The summed E-state index contributed by atoms with van der Waals surface area (Å²) < 4.78 is 8.46. The summed E-state index contributed by atoms with van der Waals surface area (Å²) in [5.74, 6) is 2.25. The Morgan fingerprint density at radius 1 is 1.14 bits per heavy atom. The van der Waals surface area contributed by atoms with Crippen LogP contribution >= 0.6 is 0 Å². The third-order valence-corrected chi connectivity index (χ3v) is 4.52. The van der Waals surface area contributed by atoms with Crippen molar-refractivity contribution in [3.8, 4) is 22.8 Å². The van der Waals surface area contributed by atoms with Crippen molar-refractivity contribution in [2.75, 3.05) is 7.11 Å². The average Bonchev–Trinajstić information content (AvgIpc) is 3.35. The van der Waals surface area contributed by atoms with E-state index in [-0.39, 0.29) is 5.56 Å². The fraction of sp³-hybridized carbons (Fsp3) is 0.105. The summed E-state index contributed by atoms with van der Waals surface area (Å²) in [4.78, 5) is 22.3. The van der Waals surface area contributed by atoms with Crippen molar-refractivity contribution < 1.29 is 4.74 Å². The minimum Gasteiger partial charge on any atom is -0.497 e. The second-order valence-electron chi connectivity index (χ2n) is 6.26. The SMILES string of the molecule is COc1cccc(-c2c3c(=O)n(-c4ccn[nH]4)ccc3nc3nc(C)nn23)c1. The van der Waals surface area contributed by atoms with E-state index in [4.69, 9.17) is 4.74 Å². The Hall–Kier alpha value is -4.01. The summed E-state index contributed by atoms with van der Waals surface area (Å²) in [7, 11) is 1.60. The van der Waals surface area contributed by atoms with Gasteiger partial charge >= 0.3 is 0 Å². The molecule has 0 aliphatic carbocycles. The number of nitrogens with one attached hydrogen (secondary N) is 1. The number of aryl methyl sites for hydroxylation is 1. The first-order valence-electron chi connectivity index (χ1n) is 8.58. The number of nitrogens with zero attached hydrogens (tertiary/aromatic N) is 6. The van der Waals surface area contributed by atoms with Gasteiger partial charge in [-0.05, 0) is 25.1 Å². The minimum atomic E-state index is -0.234. The van der Waals surface area contributed by atoms with Crippen LogP contribution in [0.15, 0.2) is 53.6 Å². The van der Waals surface area contributed by atoms with Gasteiger partial charge in [-0.1, -0.05) is 12.1 Å². The molecule has 1 aromatic carbocycles.